The molecular formula is C10H9NO3S. The summed E-state index contributed by atoms with van der Waals surface area (Å²) in [5.74, 6) is 0.524. The molecule has 0 fully saturated rings. The molecule has 2 aromatic carbocycles. The summed E-state index contributed by atoms with van der Waals surface area (Å²) in [7, 11) is 0. The van der Waals surface area contributed by atoms with Gasteiger partial charge in [-0.25, -0.2) is 4.21 Å². The van der Waals surface area contributed by atoms with Gasteiger partial charge in [-0.05, 0) is 16.3 Å². The van der Waals surface area contributed by atoms with E-state index in [9.17, 15) is 4.21 Å². The van der Waals surface area contributed by atoms with Crippen LogP contribution in [0.1, 0.15) is 0 Å². The summed E-state index contributed by atoms with van der Waals surface area (Å²) in [4.78, 5) is 6.96. The van der Waals surface area contributed by atoms with E-state index in [-0.39, 0.29) is 0 Å². The van der Waals surface area contributed by atoms with Crippen LogP contribution in [-0.2, 0) is 11.3 Å². The molecule has 0 heterocycles. The Balaban J connectivity index is 2.38. The molecule has 2 N–H and O–H groups in total. The lowest BCUT2D eigenvalue weighted by Gasteiger charge is -2.06. The van der Waals surface area contributed by atoms with Gasteiger partial charge in [0.05, 0.1) is 0 Å². The summed E-state index contributed by atoms with van der Waals surface area (Å²) >= 11 is -2.18. The van der Waals surface area contributed by atoms with Gasteiger partial charge in [0, 0.05) is 5.39 Å². The lowest BCUT2D eigenvalue weighted by molar-refractivity contribution is 0.269. The van der Waals surface area contributed by atoms with Crippen molar-refractivity contribution in [3.8, 4) is 5.75 Å². The molecule has 0 amide bonds. The highest BCUT2D eigenvalue weighted by Crippen LogP contribution is 2.24. The highest BCUT2D eigenvalue weighted by molar-refractivity contribution is 7.76. The molecule has 1 unspecified atom stereocenters. The lowest BCUT2D eigenvalue weighted by Crippen LogP contribution is -2.20. The third-order valence-electron chi connectivity index (χ3n) is 1.97. The Bertz CT molecular complexity index is 495. The second-order valence-corrected chi connectivity index (χ2v) is 3.58. The minimum Gasteiger partial charge on any atom is -0.393 e. The summed E-state index contributed by atoms with van der Waals surface area (Å²) in [6.07, 6.45) is 0. The highest BCUT2D eigenvalue weighted by atomic mass is 32.2. The fourth-order valence-corrected chi connectivity index (χ4v) is 1.53. The highest BCUT2D eigenvalue weighted by Gasteiger charge is 2.01. The molecule has 0 saturated heterocycles. The molecule has 15 heavy (non-hydrogen) atoms. The van der Waals surface area contributed by atoms with Gasteiger partial charge in [-0.2, -0.15) is 0 Å². The normalized spacial score (nSPS) is 12.6. The standard InChI is InChI=1S/C10H9NO3S/c12-15(13)11-14-10-7-3-5-8-4-1-2-6-9(8)10/h1-7,11H,(H,12,13). The average Bonchev–Trinajstić information content (AvgIpc) is 2.26. The van der Waals surface area contributed by atoms with E-state index < -0.39 is 11.3 Å². The van der Waals surface area contributed by atoms with Gasteiger partial charge >= 0.3 is 0 Å². The Morgan fingerprint density at radius 3 is 2.67 bits per heavy atom. The minimum atomic E-state index is -2.18. The monoisotopic (exact) mass is 223 g/mol. The van der Waals surface area contributed by atoms with E-state index in [0.717, 1.165) is 10.8 Å². The van der Waals surface area contributed by atoms with Crippen LogP contribution < -0.4 is 9.72 Å². The quantitative estimate of drug-likeness (QED) is 0.616. The predicted molar refractivity (Wildman–Crippen MR) is 58.5 cm³/mol. The molecule has 5 heteroatoms. The van der Waals surface area contributed by atoms with E-state index in [1.54, 1.807) is 6.07 Å². The van der Waals surface area contributed by atoms with Crippen LogP contribution >= 0.6 is 0 Å². The Morgan fingerprint density at radius 1 is 1.13 bits per heavy atom. The number of nitrogens with one attached hydrogen (secondary N) is 1. The van der Waals surface area contributed by atoms with Crippen LogP contribution in [0.3, 0.4) is 0 Å². The van der Waals surface area contributed by atoms with Crippen LogP contribution in [0.15, 0.2) is 42.5 Å². The van der Waals surface area contributed by atoms with Crippen molar-refractivity contribution in [3.63, 3.8) is 0 Å². The summed E-state index contributed by atoms with van der Waals surface area (Å²) < 4.78 is 18.9. The van der Waals surface area contributed by atoms with Gasteiger partial charge in [-0.3, -0.25) is 4.55 Å². The molecule has 0 aliphatic carbocycles. The zero-order chi connectivity index (χ0) is 10.7. The molecule has 0 radical (unpaired) electrons. The van der Waals surface area contributed by atoms with E-state index in [2.05, 4.69) is 0 Å². The molecule has 2 rings (SSSR count). The molecule has 4 nitrogen and oxygen atoms in total. The maximum atomic E-state index is 10.4. The zero-order valence-electron chi connectivity index (χ0n) is 7.71. The second kappa shape index (κ2) is 4.39. The molecule has 0 saturated carbocycles. The van der Waals surface area contributed by atoms with Gasteiger partial charge < -0.3 is 4.84 Å². The maximum Gasteiger partial charge on any atom is 0.266 e. The molecule has 1 atom stereocenters. The van der Waals surface area contributed by atoms with Gasteiger partial charge in [0.2, 0.25) is 0 Å². The number of hydrogen-bond donors (Lipinski definition) is 2. The van der Waals surface area contributed by atoms with Crippen molar-refractivity contribution in [2.75, 3.05) is 0 Å². The van der Waals surface area contributed by atoms with Crippen molar-refractivity contribution in [1.29, 1.82) is 0 Å². The first-order chi connectivity index (χ1) is 7.27. The average molecular weight is 223 g/mol. The van der Waals surface area contributed by atoms with Gasteiger partial charge in [-0.1, -0.05) is 36.4 Å². The van der Waals surface area contributed by atoms with Crippen molar-refractivity contribution in [2.45, 2.75) is 0 Å². The first-order valence-corrected chi connectivity index (χ1v) is 5.39. The smallest absolute Gasteiger partial charge is 0.266 e. The summed E-state index contributed by atoms with van der Waals surface area (Å²) in [6.45, 7) is 0. The number of hydrogen-bond acceptors (Lipinski definition) is 2. The molecule has 2 aromatic rings. The fourth-order valence-electron chi connectivity index (χ4n) is 1.37. The van der Waals surface area contributed by atoms with Gasteiger partial charge in [0.15, 0.2) is 5.75 Å². The molecule has 0 bridgehead atoms. The SMILES string of the molecule is O=S(O)NOc1cccc2ccccc12. The molecule has 0 aromatic heterocycles. The Labute approximate surface area is 89.2 Å². The fraction of sp³-hybridized carbons (Fsp3) is 0. The molecular weight excluding hydrogens is 214 g/mol. The third kappa shape index (κ3) is 2.33. The number of rotatable bonds is 3. The van der Waals surface area contributed by atoms with E-state index >= 15 is 0 Å². The van der Waals surface area contributed by atoms with Crippen LogP contribution in [0.5, 0.6) is 5.75 Å². The third-order valence-corrected chi connectivity index (χ3v) is 2.20. The van der Waals surface area contributed by atoms with Crippen molar-refractivity contribution >= 4 is 22.0 Å². The molecule has 0 spiro atoms. The first kappa shape index (κ1) is 10.1. The van der Waals surface area contributed by atoms with E-state index in [1.165, 1.54) is 0 Å². The van der Waals surface area contributed by atoms with Gasteiger partial charge in [0.1, 0.15) is 0 Å². The molecule has 0 aliphatic rings. The second-order valence-electron chi connectivity index (χ2n) is 2.91. The minimum absolute atomic E-state index is 0.524. The van der Waals surface area contributed by atoms with E-state index in [1.807, 2.05) is 41.3 Å². The van der Waals surface area contributed by atoms with Crippen molar-refractivity contribution in [1.82, 2.24) is 4.89 Å². The van der Waals surface area contributed by atoms with Crippen molar-refractivity contribution in [2.24, 2.45) is 0 Å². The van der Waals surface area contributed by atoms with Crippen molar-refractivity contribution in [3.05, 3.63) is 42.5 Å². The Morgan fingerprint density at radius 2 is 1.87 bits per heavy atom. The first-order valence-electron chi connectivity index (χ1n) is 4.28. The van der Waals surface area contributed by atoms with Crippen molar-refractivity contribution < 1.29 is 13.6 Å². The Hall–Kier alpha value is -1.43. The molecule has 78 valence electrons. The van der Waals surface area contributed by atoms with Crippen LogP contribution in [0.4, 0.5) is 0 Å². The number of fused-ring (bicyclic) bond motifs is 1. The summed E-state index contributed by atoms with van der Waals surface area (Å²) in [5.41, 5.74) is 0. The van der Waals surface area contributed by atoms with Crippen LogP contribution in [0.25, 0.3) is 10.8 Å². The predicted octanol–water partition coefficient (Wildman–Crippen LogP) is 1.86. The summed E-state index contributed by atoms with van der Waals surface area (Å²) in [6, 6.07) is 13.1. The topological polar surface area (TPSA) is 58.6 Å². The van der Waals surface area contributed by atoms with Crippen LogP contribution in [0.2, 0.25) is 0 Å². The maximum absolute atomic E-state index is 10.4. The Kier molecular flexibility index (Phi) is 2.96. The number of benzene rings is 2. The summed E-state index contributed by atoms with van der Waals surface area (Å²) in [5, 5.41) is 1.90. The van der Waals surface area contributed by atoms with E-state index in [4.69, 9.17) is 9.39 Å². The van der Waals surface area contributed by atoms with Gasteiger partial charge in [0.25, 0.3) is 11.3 Å². The van der Waals surface area contributed by atoms with Gasteiger partial charge in [-0.15, -0.1) is 0 Å². The van der Waals surface area contributed by atoms with E-state index in [0.29, 0.717) is 5.75 Å². The largest absolute Gasteiger partial charge is 0.393 e. The zero-order valence-corrected chi connectivity index (χ0v) is 8.53. The molecule has 0 aliphatic heterocycles. The lowest BCUT2D eigenvalue weighted by atomic mass is 10.1. The van der Waals surface area contributed by atoms with Crippen LogP contribution in [0, 0.1) is 0 Å². The van der Waals surface area contributed by atoms with Crippen LogP contribution in [-0.4, -0.2) is 8.76 Å².